The molecule has 16 N–H and O–H groups in total. The van der Waals surface area contributed by atoms with E-state index >= 15 is 0 Å². The maximum Gasteiger partial charge on any atom is 0.327 e. The van der Waals surface area contributed by atoms with Crippen LogP contribution in [0.5, 0.6) is 0 Å². The van der Waals surface area contributed by atoms with E-state index in [2.05, 4.69) is 87.7 Å². The first-order valence-electron chi connectivity index (χ1n) is 21.1. The van der Waals surface area contributed by atoms with Crippen LogP contribution in [0.2, 0.25) is 0 Å². The lowest BCUT2D eigenvalue weighted by atomic mass is 10.0. The number of aromatic nitrogens is 4. The minimum absolute atomic E-state index is 0.00470. The summed E-state index contributed by atoms with van der Waals surface area (Å²) in [5, 5.41) is 39.8. The van der Waals surface area contributed by atoms with Crippen LogP contribution >= 0.6 is 25.3 Å². The van der Waals surface area contributed by atoms with Gasteiger partial charge in [-0.25, -0.2) is 14.8 Å². The second kappa shape index (κ2) is 29.0. The van der Waals surface area contributed by atoms with Crippen molar-refractivity contribution in [1.82, 2.24) is 62.5 Å². The number of carboxylic acid groups (broad SMARTS) is 1. The molecule has 27 heteroatoms. The van der Waals surface area contributed by atoms with Crippen LogP contribution in [0.3, 0.4) is 0 Å². The number of H-pyrrole nitrogens is 2. The number of rotatable bonds is 30. The quantitative estimate of drug-likeness (QED) is 0.0258. The Hall–Kier alpha value is -5.77. The number of aliphatic hydroxyl groups is 1. The number of carbonyl (C=O) groups is 9. The zero-order chi connectivity index (χ0) is 49.5. The van der Waals surface area contributed by atoms with Crippen molar-refractivity contribution < 1.29 is 53.4 Å². The Bertz CT molecular complexity index is 1910. The average molecular weight is 969 g/mol. The minimum Gasteiger partial charge on any atom is -0.480 e. The van der Waals surface area contributed by atoms with E-state index in [1.807, 2.05) is 0 Å². The third kappa shape index (κ3) is 19.8. The molecule has 0 spiro atoms. The number of imidazole rings is 2. The number of nitrogens with two attached hydrogens (primary N) is 2. The molecule has 0 aromatic carbocycles. The zero-order valence-corrected chi connectivity index (χ0v) is 39.0. The number of thiol groups is 2. The van der Waals surface area contributed by atoms with Crippen LogP contribution in [-0.4, -0.2) is 162 Å². The Kier molecular flexibility index (Phi) is 24.8. The van der Waals surface area contributed by atoms with Gasteiger partial charge >= 0.3 is 5.97 Å². The van der Waals surface area contributed by atoms with E-state index in [1.54, 1.807) is 13.8 Å². The second-order valence-corrected chi connectivity index (χ2v) is 16.6. The molecule has 0 fully saturated rings. The molecule has 2 aromatic heterocycles. The predicted molar refractivity (Wildman–Crippen MR) is 244 cm³/mol. The number of amides is 8. The van der Waals surface area contributed by atoms with Gasteiger partial charge in [-0.05, 0) is 52.0 Å². The molecule has 2 aromatic rings. The van der Waals surface area contributed by atoms with Crippen molar-refractivity contribution in [2.45, 2.75) is 121 Å². The predicted octanol–water partition coefficient (Wildman–Crippen LogP) is -4.72. The summed E-state index contributed by atoms with van der Waals surface area (Å²) in [6.45, 7) is 5.70. The number of aliphatic hydroxyl groups excluding tert-OH is 1. The van der Waals surface area contributed by atoms with Gasteiger partial charge in [0.05, 0.1) is 31.3 Å². The summed E-state index contributed by atoms with van der Waals surface area (Å²) in [4.78, 5) is 131. The zero-order valence-electron chi connectivity index (χ0n) is 37.2. The minimum atomic E-state index is -1.69. The number of unbranched alkanes of at least 4 members (excludes halogenated alkanes) is 1. The van der Waals surface area contributed by atoms with Crippen molar-refractivity contribution in [3.63, 3.8) is 0 Å². The SMILES string of the molecule is CC(C)C[C@H](NC(=O)[C@H](CCCCN)NC(=O)[C@@H](NC(=O)[C@H](Cc1cnc[nH]1)NC(=O)CNC(=O)[C@H](Cc1cnc[nH]1)NC(=O)[C@@H](N)CS)[C@@H](C)O)C(=O)N[C@@H](C)C(=O)N[C@@H](CS)C(=O)O. The average Bonchev–Trinajstić information content (AvgIpc) is 3.99. The number of hydrogen-bond acceptors (Lipinski definition) is 16. The lowest BCUT2D eigenvalue weighted by molar-refractivity contribution is -0.141. The third-order valence-electron chi connectivity index (χ3n) is 9.73. The van der Waals surface area contributed by atoms with E-state index in [4.69, 9.17) is 11.5 Å². The molecule has 368 valence electrons. The van der Waals surface area contributed by atoms with Crippen LogP contribution in [0.25, 0.3) is 0 Å². The second-order valence-electron chi connectivity index (χ2n) is 15.8. The highest BCUT2D eigenvalue weighted by Crippen LogP contribution is 2.10. The van der Waals surface area contributed by atoms with E-state index in [1.165, 1.54) is 38.9 Å². The van der Waals surface area contributed by atoms with Gasteiger partial charge < -0.3 is 74.2 Å². The smallest absolute Gasteiger partial charge is 0.327 e. The fourth-order valence-electron chi connectivity index (χ4n) is 6.07. The molecule has 0 unspecified atom stereocenters. The summed E-state index contributed by atoms with van der Waals surface area (Å²) in [7, 11) is 0. The molecule has 8 amide bonds. The topological polar surface area (TPSA) is 400 Å². The Morgan fingerprint density at radius 1 is 0.652 bits per heavy atom. The normalized spacial score (nSPS) is 15.2. The fraction of sp³-hybridized carbons (Fsp3) is 0.615. The van der Waals surface area contributed by atoms with E-state index in [0.717, 1.165) is 0 Å². The standard InChI is InChI=1S/C39H64N14O11S2/c1-19(2)9-26(36(60)47-20(3)32(56)52-29(16-66)39(63)64)51-35(59)25(7-5-6-8-40)49-38(62)31(21(4)54)53-37(61)28(11-23-13-43-18-46-23)48-30(55)14-44-34(58)27(10-22-12-42-17-45-22)50-33(57)24(41)15-65/h12-13,17-21,24-29,31,54,65-66H,5-11,14-16,40-41H2,1-4H3,(H,42,45)(H,43,46)(H,44,58)(H,47,60)(H,48,55)(H,49,62)(H,50,57)(H,51,59)(H,52,56)(H,53,61)(H,63,64)/t20-,21+,24-,25-,26-,27-,28-,29-,31-/m0/s1. The van der Waals surface area contributed by atoms with Crippen LogP contribution in [0, 0.1) is 5.92 Å². The van der Waals surface area contributed by atoms with Crippen molar-refractivity contribution in [2.75, 3.05) is 24.6 Å². The van der Waals surface area contributed by atoms with Crippen molar-refractivity contribution in [3.05, 3.63) is 36.4 Å². The molecule has 9 atom stereocenters. The molecule has 2 rings (SSSR count). The highest BCUT2D eigenvalue weighted by atomic mass is 32.1. The van der Waals surface area contributed by atoms with Crippen LogP contribution in [0.1, 0.15) is 64.8 Å². The number of nitrogens with zero attached hydrogens (tertiary/aromatic N) is 2. The first-order valence-corrected chi connectivity index (χ1v) is 22.4. The Balaban J connectivity index is 2.25. The van der Waals surface area contributed by atoms with Gasteiger partial charge in [0.1, 0.15) is 42.3 Å². The molecule has 66 heavy (non-hydrogen) atoms. The molecular formula is C39H64N14O11S2. The summed E-state index contributed by atoms with van der Waals surface area (Å²) in [5.41, 5.74) is 12.3. The Labute approximate surface area is 392 Å². The van der Waals surface area contributed by atoms with Gasteiger partial charge in [0.15, 0.2) is 0 Å². The molecule has 0 saturated heterocycles. The lowest BCUT2D eigenvalue weighted by Crippen LogP contribution is -2.61. The Morgan fingerprint density at radius 3 is 1.68 bits per heavy atom. The van der Waals surface area contributed by atoms with Gasteiger partial charge in [0, 0.05) is 48.1 Å². The summed E-state index contributed by atoms with van der Waals surface area (Å²) in [6, 6.07) is -10.4. The van der Waals surface area contributed by atoms with Crippen molar-refractivity contribution in [1.29, 1.82) is 0 Å². The van der Waals surface area contributed by atoms with Crippen molar-refractivity contribution in [3.8, 4) is 0 Å². The van der Waals surface area contributed by atoms with Crippen molar-refractivity contribution in [2.24, 2.45) is 17.4 Å². The number of hydrogen-bond donors (Lipinski definition) is 16. The van der Waals surface area contributed by atoms with Gasteiger partial charge in [0.2, 0.25) is 47.3 Å². The van der Waals surface area contributed by atoms with Crippen LogP contribution in [0.4, 0.5) is 0 Å². The van der Waals surface area contributed by atoms with E-state index < -0.39 is 114 Å². The third-order valence-corrected chi connectivity index (χ3v) is 10.5. The molecular weight excluding hydrogens is 905 g/mol. The maximum atomic E-state index is 13.8. The van der Waals surface area contributed by atoms with Gasteiger partial charge in [-0.3, -0.25) is 38.4 Å². The van der Waals surface area contributed by atoms with Gasteiger partial charge in [-0.2, -0.15) is 25.3 Å². The van der Waals surface area contributed by atoms with Crippen LogP contribution in [-0.2, 0) is 56.0 Å². The number of carbonyl (C=O) groups excluding carboxylic acids is 8. The summed E-state index contributed by atoms with van der Waals surface area (Å²) >= 11 is 7.93. The molecule has 0 aliphatic carbocycles. The number of carboxylic acids is 1. The first kappa shape index (κ1) is 56.4. The number of aromatic amines is 2. The largest absolute Gasteiger partial charge is 0.480 e. The van der Waals surface area contributed by atoms with Crippen molar-refractivity contribution >= 4 is 78.5 Å². The number of aliphatic carboxylic acids is 1. The summed E-state index contributed by atoms with van der Waals surface area (Å²) in [6.07, 6.45) is 4.64. The van der Waals surface area contributed by atoms with Gasteiger partial charge in [-0.1, -0.05) is 13.8 Å². The van der Waals surface area contributed by atoms with E-state index in [9.17, 15) is 53.4 Å². The first-order chi connectivity index (χ1) is 31.2. The monoisotopic (exact) mass is 968 g/mol. The Morgan fingerprint density at radius 2 is 1.18 bits per heavy atom. The highest BCUT2D eigenvalue weighted by molar-refractivity contribution is 7.80. The molecule has 0 bridgehead atoms. The van der Waals surface area contributed by atoms with E-state index in [0.29, 0.717) is 24.2 Å². The molecule has 25 nitrogen and oxygen atoms in total. The molecule has 2 heterocycles. The van der Waals surface area contributed by atoms with Gasteiger partial charge in [0.25, 0.3) is 0 Å². The van der Waals surface area contributed by atoms with Crippen LogP contribution < -0.4 is 54.0 Å². The number of nitrogens with one attached hydrogen (secondary N) is 10. The van der Waals surface area contributed by atoms with E-state index in [-0.39, 0.29) is 49.7 Å². The lowest BCUT2D eigenvalue weighted by Gasteiger charge is -2.28. The maximum absolute atomic E-state index is 13.8. The molecule has 0 radical (unpaired) electrons. The summed E-state index contributed by atoms with van der Waals surface area (Å²) in [5.74, 6) is -8.31. The highest BCUT2D eigenvalue weighted by Gasteiger charge is 2.35. The summed E-state index contributed by atoms with van der Waals surface area (Å²) < 4.78 is 0. The fourth-order valence-corrected chi connectivity index (χ4v) is 6.48. The molecule has 0 aliphatic rings. The van der Waals surface area contributed by atoms with Gasteiger partial charge in [-0.15, -0.1) is 0 Å². The van der Waals surface area contributed by atoms with Crippen LogP contribution in [0.15, 0.2) is 25.0 Å². The molecule has 0 aliphatic heterocycles. The molecule has 0 saturated carbocycles.